The van der Waals surface area contributed by atoms with Crippen LogP contribution in [-0.2, 0) is 19.1 Å². The molecule has 3 aromatic heterocycles. The van der Waals surface area contributed by atoms with Crippen LogP contribution in [0, 0.1) is 13.8 Å². The quantitative estimate of drug-likeness (QED) is 0.311. The van der Waals surface area contributed by atoms with Crippen molar-refractivity contribution >= 4 is 27.7 Å². The van der Waals surface area contributed by atoms with Gasteiger partial charge in [0.05, 0.1) is 41.5 Å². The van der Waals surface area contributed by atoms with Gasteiger partial charge in [-0.25, -0.2) is 19.2 Å². The topological polar surface area (TPSA) is 118 Å². The van der Waals surface area contributed by atoms with Gasteiger partial charge in [0.15, 0.2) is 0 Å². The number of pyridine rings is 1. The lowest BCUT2D eigenvalue weighted by molar-refractivity contribution is -0.138. The number of carbonyl (C=O) groups is 1. The lowest BCUT2D eigenvalue weighted by Crippen LogP contribution is -2.46. The highest BCUT2D eigenvalue weighted by molar-refractivity contribution is 9.10. The maximum Gasteiger partial charge on any atom is 0.417 e. The van der Waals surface area contributed by atoms with E-state index >= 15 is 0 Å². The monoisotopic (exact) mass is 659 g/mol. The zero-order chi connectivity index (χ0) is 31.2. The number of aromatic nitrogens is 5. The normalized spacial score (nSPS) is 15.7. The third-order valence-corrected chi connectivity index (χ3v) is 7.85. The van der Waals surface area contributed by atoms with Crippen molar-refractivity contribution in [2.75, 3.05) is 11.9 Å². The highest BCUT2D eigenvalue weighted by Gasteiger charge is 2.36. The van der Waals surface area contributed by atoms with E-state index in [1.165, 1.54) is 32.5 Å². The first-order valence-electron chi connectivity index (χ1n) is 13.5. The Morgan fingerprint density at radius 3 is 2.56 bits per heavy atom. The zero-order valence-corrected chi connectivity index (χ0v) is 25.4. The van der Waals surface area contributed by atoms with Crippen molar-refractivity contribution in [2.45, 2.75) is 59.0 Å². The van der Waals surface area contributed by atoms with Gasteiger partial charge >= 0.3 is 6.18 Å². The molecule has 5 rings (SSSR count). The van der Waals surface area contributed by atoms with Crippen LogP contribution in [0.3, 0.4) is 0 Å². The molecule has 0 saturated carbocycles. The molecule has 1 aliphatic heterocycles. The van der Waals surface area contributed by atoms with Gasteiger partial charge in [-0.1, -0.05) is 15.9 Å². The highest BCUT2D eigenvalue weighted by Crippen LogP contribution is 2.36. The number of amides is 1. The van der Waals surface area contributed by atoms with E-state index in [1.807, 2.05) is 19.9 Å². The summed E-state index contributed by atoms with van der Waals surface area (Å²) in [5, 5.41) is 17.1. The summed E-state index contributed by atoms with van der Waals surface area (Å²) in [6, 6.07) is 8.10. The number of alkyl halides is 3. The summed E-state index contributed by atoms with van der Waals surface area (Å²) < 4.78 is 43.4. The Morgan fingerprint density at radius 1 is 1.21 bits per heavy atom. The molecule has 0 radical (unpaired) electrons. The molecule has 226 valence electrons. The maximum absolute atomic E-state index is 14.1. The fraction of sp³-hybridized carbons (Fsp3) is 0.345. The number of aryl methyl sites for hydroxylation is 2. The maximum atomic E-state index is 14.1. The molecule has 10 nitrogen and oxygen atoms in total. The summed E-state index contributed by atoms with van der Waals surface area (Å²) in [6.45, 7) is 7.25. The van der Waals surface area contributed by atoms with Crippen molar-refractivity contribution in [1.82, 2.24) is 29.2 Å². The van der Waals surface area contributed by atoms with Crippen LogP contribution in [0.2, 0.25) is 0 Å². The Kier molecular flexibility index (Phi) is 8.18. The third-order valence-electron chi connectivity index (χ3n) is 7.16. The van der Waals surface area contributed by atoms with Gasteiger partial charge in [0, 0.05) is 33.9 Å². The molecule has 2 atom stereocenters. The lowest BCUT2D eigenvalue weighted by Gasteiger charge is -2.34. The van der Waals surface area contributed by atoms with E-state index in [0.717, 1.165) is 6.07 Å². The molecule has 0 spiro atoms. The van der Waals surface area contributed by atoms with E-state index in [-0.39, 0.29) is 34.5 Å². The van der Waals surface area contributed by atoms with Crippen molar-refractivity contribution < 1.29 is 23.1 Å². The van der Waals surface area contributed by atoms with Gasteiger partial charge < -0.3 is 15.3 Å². The largest absolute Gasteiger partial charge is 0.417 e. The molecule has 1 aromatic carbocycles. The summed E-state index contributed by atoms with van der Waals surface area (Å²) in [5.74, 6) is 0.103. The molecular weight excluding hydrogens is 631 g/mol. The molecule has 1 unspecified atom stereocenters. The number of fused-ring (bicyclic) bond motifs is 1. The van der Waals surface area contributed by atoms with Gasteiger partial charge in [-0.2, -0.15) is 18.3 Å². The number of aliphatic hydroxyl groups excluding tert-OH is 1. The minimum atomic E-state index is -4.64. The average Bonchev–Trinajstić information content (AvgIpc) is 3.28. The molecule has 0 fully saturated rings. The Morgan fingerprint density at radius 2 is 1.95 bits per heavy atom. The second-order valence-electron chi connectivity index (χ2n) is 10.6. The lowest BCUT2D eigenvalue weighted by atomic mass is 9.98. The number of hydrogen-bond donors (Lipinski definition) is 2. The van der Waals surface area contributed by atoms with Gasteiger partial charge in [-0.3, -0.25) is 9.59 Å². The molecule has 4 aromatic rings. The van der Waals surface area contributed by atoms with Crippen LogP contribution in [-0.4, -0.2) is 58.9 Å². The molecule has 4 heterocycles. The van der Waals surface area contributed by atoms with E-state index in [2.05, 4.69) is 31.3 Å². The third kappa shape index (κ3) is 6.07. The zero-order valence-electron chi connectivity index (χ0n) is 23.8. The summed E-state index contributed by atoms with van der Waals surface area (Å²) in [6.07, 6.45) is -3.55. The second-order valence-corrected chi connectivity index (χ2v) is 11.5. The van der Waals surface area contributed by atoms with Gasteiger partial charge in [0.1, 0.15) is 5.82 Å². The Hall–Kier alpha value is -4.04. The number of rotatable bonds is 6. The minimum absolute atomic E-state index is 0.0738. The predicted octanol–water partition coefficient (Wildman–Crippen LogP) is 4.59. The van der Waals surface area contributed by atoms with E-state index in [4.69, 9.17) is 4.98 Å². The molecule has 43 heavy (non-hydrogen) atoms. The summed E-state index contributed by atoms with van der Waals surface area (Å²) in [5.41, 5.74) is 1.16. The number of aliphatic hydroxyl groups is 1. The van der Waals surface area contributed by atoms with Crippen molar-refractivity contribution in [3.05, 3.63) is 91.2 Å². The number of nitrogens with one attached hydrogen (secondary N) is 1. The summed E-state index contributed by atoms with van der Waals surface area (Å²) in [7, 11) is 0. The van der Waals surface area contributed by atoms with E-state index in [9.17, 15) is 27.9 Å². The number of hydrogen-bond acceptors (Lipinski definition) is 7. The first kappa shape index (κ1) is 30.4. The van der Waals surface area contributed by atoms with Crippen molar-refractivity contribution in [3.8, 4) is 11.6 Å². The number of benzene rings is 1. The van der Waals surface area contributed by atoms with Crippen molar-refractivity contribution in [1.29, 1.82) is 0 Å². The predicted molar refractivity (Wildman–Crippen MR) is 157 cm³/mol. The number of halogens is 4. The number of nitrogens with zero attached hydrogens (tertiary/aromatic N) is 6. The molecule has 14 heteroatoms. The highest BCUT2D eigenvalue weighted by atomic mass is 79.9. The first-order valence-corrected chi connectivity index (χ1v) is 14.3. The van der Waals surface area contributed by atoms with Crippen LogP contribution < -0.4 is 10.9 Å². The Labute approximate surface area is 253 Å². The molecular formula is C29H29BrF3N7O3. The van der Waals surface area contributed by atoms with E-state index < -0.39 is 29.8 Å². The number of carbonyl (C=O) groups excluding carboxylic acids is 1. The van der Waals surface area contributed by atoms with Crippen LogP contribution in [0.25, 0.3) is 11.6 Å². The van der Waals surface area contributed by atoms with Crippen LogP contribution in [0.4, 0.5) is 19.0 Å². The van der Waals surface area contributed by atoms with Crippen molar-refractivity contribution in [3.63, 3.8) is 0 Å². The molecule has 2 N–H and O–H groups in total. The molecule has 0 saturated heterocycles. The van der Waals surface area contributed by atoms with E-state index in [1.54, 1.807) is 26.0 Å². The van der Waals surface area contributed by atoms with Gasteiger partial charge in [-0.05, 0) is 70.5 Å². The SMILES string of the molecule is Cc1cc(C)n(-c2nc3c(c(=O)n2-c2ccc(NC[C@H](C)O)nc2)CC(C)N(C(=O)c2ccc(Br)c(C(F)(F)F)c2)C3)n1. The Bertz CT molecular complexity index is 1750. The molecule has 1 aliphatic rings. The van der Waals surface area contributed by atoms with Crippen LogP contribution in [0.15, 0.2) is 51.9 Å². The fourth-order valence-electron chi connectivity index (χ4n) is 5.04. The second kappa shape index (κ2) is 11.6. The molecule has 0 aliphatic carbocycles. The molecule has 1 amide bonds. The van der Waals surface area contributed by atoms with Gasteiger partial charge in [-0.15, -0.1) is 0 Å². The van der Waals surface area contributed by atoms with E-state index in [0.29, 0.717) is 40.7 Å². The standard InChI is InChI=1S/C29H29BrF3N7O3/c1-15-9-17(3)40(37-15)28-36-24-14-38(26(42)19-5-7-23(30)22(11-19)29(31,32)33)16(2)10-21(24)27(43)39(28)20-6-8-25(35-13-20)34-12-18(4)41/h5-9,11,13,16,18,41H,10,12,14H2,1-4H3,(H,34,35)/t16?,18-/m0/s1. The van der Waals surface area contributed by atoms with Gasteiger partial charge in [0.25, 0.3) is 11.5 Å². The molecule has 0 bridgehead atoms. The Balaban J connectivity index is 1.58. The number of anilines is 1. The average molecular weight is 660 g/mol. The van der Waals surface area contributed by atoms with Crippen LogP contribution in [0.1, 0.15) is 52.4 Å². The first-order chi connectivity index (χ1) is 20.2. The van der Waals surface area contributed by atoms with Gasteiger partial charge in [0.2, 0.25) is 5.95 Å². The van der Waals surface area contributed by atoms with Crippen molar-refractivity contribution in [2.24, 2.45) is 0 Å². The summed E-state index contributed by atoms with van der Waals surface area (Å²) >= 11 is 2.92. The van der Waals surface area contributed by atoms with Crippen LogP contribution in [0.5, 0.6) is 0 Å². The fourth-order valence-corrected chi connectivity index (χ4v) is 5.51. The smallest absolute Gasteiger partial charge is 0.392 e. The minimum Gasteiger partial charge on any atom is -0.392 e. The van der Waals surface area contributed by atoms with Crippen LogP contribution >= 0.6 is 15.9 Å². The summed E-state index contributed by atoms with van der Waals surface area (Å²) in [4.78, 5) is 38.2.